The van der Waals surface area contributed by atoms with Gasteiger partial charge >= 0.3 is 0 Å². The Kier molecular flexibility index (Phi) is 4.64. The summed E-state index contributed by atoms with van der Waals surface area (Å²) in [5, 5.41) is 3.31. The van der Waals surface area contributed by atoms with Gasteiger partial charge in [-0.15, -0.1) is 0 Å². The number of hydrogen-bond donors (Lipinski definition) is 1. The van der Waals surface area contributed by atoms with Crippen molar-refractivity contribution >= 4 is 23.2 Å². The van der Waals surface area contributed by atoms with Crippen molar-refractivity contribution in [2.75, 3.05) is 12.1 Å². The maximum absolute atomic E-state index is 13.2. The first-order chi connectivity index (χ1) is 14.2. The van der Waals surface area contributed by atoms with Crippen LogP contribution in [0.1, 0.15) is 35.4 Å². The Morgan fingerprint density at radius 2 is 1.86 bits per heavy atom. The summed E-state index contributed by atoms with van der Waals surface area (Å²) in [6.45, 7) is 1.02. The summed E-state index contributed by atoms with van der Waals surface area (Å²) < 4.78 is 12.9. The highest BCUT2D eigenvalue weighted by molar-refractivity contribution is 6.34. The van der Waals surface area contributed by atoms with Gasteiger partial charge in [0.2, 0.25) is 6.79 Å². The number of amides is 1. The van der Waals surface area contributed by atoms with E-state index in [1.165, 1.54) is 0 Å². The fourth-order valence-corrected chi connectivity index (χ4v) is 4.10. The third kappa shape index (κ3) is 3.34. The normalized spacial score (nSPS) is 14.9. The Labute approximate surface area is 173 Å². The Morgan fingerprint density at radius 3 is 2.69 bits per heavy atom. The Hall–Kier alpha value is -2.99. The van der Waals surface area contributed by atoms with E-state index in [-0.39, 0.29) is 12.7 Å². The monoisotopic (exact) mass is 409 g/mol. The van der Waals surface area contributed by atoms with E-state index in [0.29, 0.717) is 27.9 Å². The SMILES string of the molecule is O=C(Nc1cc2c(cc1Cl)OCO2)c1nc(-c2ccccc2)n2c1CCCCC2. The Bertz CT molecular complexity index is 1080. The van der Waals surface area contributed by atoms with Crippen molar-refractivity contribution in [1.29, 1.82) is 0 Å². The molecule has 3 aromatic rings. The quantitative estimate of drug-likeness (QED) is 0.667. The lowest BCUT2D eigenvalue weighted by Crippen LogP contribution is -2.15. The van der Waals surface area contributed by atoms with E-state index in [9.17, 15) is 4.79 Å². The van der Waals surface area contributed by atoms with Gasteiger partial charge in [0.1, 0.15) is 11.5 Å². The van der Waals surface area contributed by atoms with Gasteiger partial charge in [-0.25, -0.2) is 4.98 Å². The highest BCUT2D eigenvalue weighted by Crippen LogP contribution is 2.39. The number of aromatic nitrogens is 2. The van der Waals surface area contributed by atoms with Crippen LogP contribution in [0, 0.1) is 0 Å². The topological polar surface area (TPSA) is 65.4 Å². The smallest absolute Gasteiger partial charge is 0.276 e. The van der Waals surface area contributed by atoms with E-state index in [1.54, 1.807) is 12.1 Å². The number of fused-ring (bicyclic) bond motifs is 2. The van der Waals surface area contributed by atoms with Crippen molar-refractivity contribution in [3.63, 3.8) is 0 Å². The highest BCUT2D eigenvalue weighted by Gasteiger charge is 2.25. The van der Waals surface area contributed by atoms with E-state index in [1.807, 2.05) is 30.3 Å². The van der Waals surface area contributed by atoms with Gasteiger partial charge < -0.3 is 19.4 Å². The zero-order chi connectivity index (χ0) is 19.8. The maximum atomic E-state index is 13.2. The number of carbonyl (C=O) groups excluding carboxylic acids is 1. The average molecular weight is 410 g/mol. The lowest BCUT2D eigenvalue weighted by molar-refractivity contribution is 0.102. The second kappa shape index (κ2) is 7.44. The summed E-state index contributed by atoms with van der Waals surface area (Å²) in [5.41, 5.74) is 2.93. The van der Waals surface area contributed by atoms with Crippen molar-refractivity contribution in [2.45, 2.75) is 32.2 Å². The Balaban J connectivity index is 1.52. The van der Waals surface area contributed by atoms with Gasteiger partial charge in [-0.1, -0.05) is 48.4 Å². The summed E-state index contributed by atoms with van der Waals surface area (Å²) >= 11 is 6.33. The second-order valence-corrected chi connectivity index (χ2v) is 7.61. The van der Waals surface area contributed by atoms with E-state index < -0.39 is 0 Å². The average Bonchev–Trinajstić information content (AvgIpc) is 3.25. The van der Waals surface area contributed by atoms with Gasteiger partial charge in [-0.2, -0.15) is 0 Å². The minimum absolute atomic E-state index is 0.151. The van der Waals surface area contributed by atoms with Crippen molar-refractivity contribution in [1.82, 2.24) is 9.55 Å². The molecule has 2 aliphatic rings. The number of benzene rings is 2. The van der Waals surface area contributed by atoms with Gasteiger partial charge in [-0.05, 0) is 19.3 Å². The number of imidazole rings is 1. The molecule has 0 saturated heterocycles. The predicted octanol–water partition coefficient (Wildman–Crippen LogP) is 4.91. The van der Waals surface area contributed by atoms with Gasteiger partial charge in [0.15, 0.2) is 11.5 Å². The van der Waals surface area contributed by atoms with Crippen LogP contribution in [0.4, 0.5) is 5.69 Å². The number of ether oxygens (including phenoxy) is 2. The molecule has 7 heteroatoms. The molecule has 0 saturated carbocycles. The zero-order valence-corrected chi connectivity index (χ0v) is 16.5. The van der Waals surface area contributed by atoms with E-state index in [2.05, 4.69) is 9.88 Å². The Morgan fingerprint density at radius 1 is 1.07 bits per heavy atom. The summed E-state index contributed by atoms with van der Waals surface area (Å²) in [6.07, 6.45) is 4.10. The van der Waals surface area contributed by atoms with Crippen LogP contribution in [0.2, 0.25) is 5.02 Å². The van der Waals surface area contributed by atoms with Crippen LogP contribution in [0.5, 0.6) is 11.5 Å². The first-order valence-corrected chi connectivity index (χ1v) is 10.1. The highest BCUT2D eigenvalue weighted by atomic mass is 35.5. The van der Waals surface area contributed by atoms with Crippen LogP contribution in [-0.2, 0) is 13.0 Å². The van der Waals surface area contributed by atoms with Crippen molar-refractivity contribution in [3.05, 3.63) is 58.9 Å². The number of halogens is 1. The third-order valence-electron chi connectivity index (χ3n) is 5.33. The molecule has 5 rings (SSSR count). The molecule has 0 atom stereocenters. The fraction of sp³-hybridized carbons (Fsp3) is 0.273. The summed E-state index contributed by atoms with van der Waals surface area (Å²) in [4.78, 5) is 17.9. The van der Waals surface area contributed by atoms with Crippen molar-refractivity contribution in [3.8, 4) is 22.9 Å². The number of nitrogens with zero attached hydrogens (tertiary/aromatic N) is 2. The first-order valence-electron chi connectivity index (χ1n) is 9.76. The molecule has 0 spiro atoms. The minimum Gasteiger partial charge on any atom is -0.454 e. The lowest BCUT2D eigenvalue weighted by atomic mass is 10.1. The van der Waals surface area contributed by atoms with Gasteiger partial charge in [0.05, 0.1) is 16.4 Å². The molecule has 1 aromatic heterocycles. The molecule has 3 heterocycles. The lowest BCUT2D eigenvalue weighted by Gasteiger charge is -2.10. The molecule has 0 fully saturated rings. The van der Waals surface area contributed by atoms with Crippen LogP contribution >= 0.6 is 11.6 Å². The molecular weight excluding hydrogens is 390 g/mol. The molecule has 0 aliphatic carbocycles. The minimum atomic E-state index is -0.265. The molecule has 148 valence electrons. The van der Waals surface area contributed by atoms with Crippen LogP contribution < -0.4 is 14.8 Å². The molecular formula is C22H20ClN3O3. The van der Waals surface area contributed by atoms with E-state index in [4.69, 9.17) is 26.1 Å². The van der Waals surface area contributed by atoms with Crippen molar-refractivity contribution < 1.29 is 14.3 Å². The maximum Gasteiger partial charge on any atom is 0.276 e. The molecule has 0 bridgehead atoms. The molecule has 6 nitrogen and oxygen atoms in total. The zero-order valence-electron chi connectivity index (χ0n) is 15.8. The van der Waals surface area contributed by atoms with Crippen LogP contribution in [0.15, 0.2) is 42.5 Å². The number of nitrogens with one attached hydrogen (secondary N) is 1. The molecule has 0 unspecified atom stereocenters. The van der Waals surface area contributed by atoms with Gasteiger partial charge in [0.25, 0.3) is 5.91 Å². The predicted molar refractivity (Wildman–Crippen MR) is 111 cm³/mol. The molecule has 0 radical (unpaired) electrons. The summed E-state index contributed by atoms with van der Waals surface area (Å²) in [5.74, 6) is 1.72. The van der Waals surface area contributed by atoms with Crippen LogP contribution in [0.25, 0.3) is 11.4 Å². The third-order valence-corrected chi connectivity index (χ3v) is 5.64. The molecule has 1 amide bonds. The number of hydrogen-bond acceptors (Lipinski definition) is 4. The largest absolute Gasteiger partial charge is 0.454 e. The van der Waals surface area contributed by atoms with E-state index in [0.717, 1.165) is 49.3 Å². The van der Waals surface area contributed by atoms with E-state index >= 15 is 0 Å². The summed E-state index contributed by atoms with van der Waals surface area (Å²) in [6, 6.07) is 13.3. The fourth-order valence-electron chi connectivity index (χ4n) is 3.90. The number of carbonyl (C=O) groups is 1. The van der Waals surface area contributed by atoms with Crippen LogP contribution in [0.3, 0.4) is 0 Å². The van der Waals surface area contributed by atoms with Gasteiger partial charge in [-0.3, -0.25) is 4.79 Å². The van der Waals surface area contributed by atoms with Crippen LogP contribution in [-0.4, -0.2) is 22.3 Å². The molecule has 2 aliphatic heterocycles. The van der Waals surface area contributed by atoms with Gasteiger partial charge in [0, 0.05) is 24.2 Å². The summed E-state index contributed by atoms with van der Waals surface area (Å²) in [7, 11) is 0. The number of anilines is 1. The molecule has 2 aromatic carbocycles. The first kappa shape index (κ1) is 18.1. The van der Waals surface area contributed by atoms with Crippen molar-refractivity contribution in [2.24, 2.45) is 0 Å². The molecule has 29 heavy (non-hydrogen) atoms. The number of rotatable bonds is 3. The second-order valence-electron chi connectivity index (χ2n) is 7.20. The molecule has 1 N–H and O–H groups in total. The standard InChI is InChI=1S/C22H20ClN3O3/c23-15-11-18-19(29-13-28-18)12-16(15)24-22(27)20-17-9-5-2-6-10-26(17)21(25-20)14-7-3-1-4-8-14/h1,3-4,7-8,11-12H,2,5-6,9-10,13H2,(H,24,27).